The summed E-state index contributed by atoms with van der Waals surface area (Å²) in [6, 6.07) is 15.9. The zero-order valence-corrected chi connectivity index (χ0v) is 18.0. The van der Waals surface area contributed by atoms with Crippen molar-refractivity contribution in [2.24, 2.45) is 11.8 Å². The number of hydrogen-bond acceptors (Lipinski definition) is 6. The van der Waals surface area contributed by atoms with Crippen LogP contribution in [0.5, 0.6) is 0 Å². The third-order valence-corrected chi connectivity index (χ3v) is 9.14. The molecule has 2 nitrogen and oxygen atoms in total. The van der Waals surface area contributed by atoms with E-state index < -0.39 is 0 Å². The van der Waals surface area contributed by atoms with E-state index in [1.807, 2.05) is 47.2 Å². The van der Waals surface area contributed by atoms with Crippen LogP contribution in [-0.4, -0.2) is 11.6 Å². The second-order valence-corrected chi connectivity index (χ2v) is 10.7. The molecule has 0 unspecified atom stereocenters. The fourth-order valence-electron chi connectivity index (χ4n) is 4.24. The molecule has 28 heavy (non-hydrogen) atoms. The van der Waals surface area contributed by atoms with Crippen molar-refractivity contribution in [3.05, 3.63) is 89.6 Å². The summed E-state index contributed by atoms with van der Waals surface area (Å²) in [5.74, 6) is -0.283. The van der Waals surface area contributed by atoms with Gasteiger partial charge in [-0.2, -0.15) is 0 Å². The van der Waals surface area contributed by atoms with Gasteiger partial charge in [-0.1, -0.05) is 24.3 Å². The minimum atomic E-state index is -0.306. The standard InChI is InChI=1S/C22H16O2S4/c23-21(15-7-3-11-27-15)19-17(13-5-1-9-25-13)18(14-6-2-10-26-14)20(19)22(24)16-8-4-12-28-16/h1-12,17-20H/t17-,18+,19+,20-. The average Bonchev–Trinajstić information content (AvgIpc) is 3.50. The molecular weight excluding hydrogens is 425 g/mol. The Bertz CT molecular complexity index is 972. The molecule has 1 aliphatic carbocycles. The zero-order chi connectivity index (χ0) is 19.1. The first-order valence-electron chi connectivity index (χ1n) is 8.98. The maximum absolute atomic E-state index is 13.5. The van der Waals surface area contributed by atoms with Crippen LogP contribution in [0.1, 0.15) is 40.9 Å². The Balaban J connectivity index is 1.61. The molecule has 4 atom stereocenters. The van der Waals surface area contributed by atoms with E-state index in [-0.39, 0.29) is 35.2 Å². The number of Topliss-reactive ketones (excluding diaryl/α,β-unsaturated/α-hetero) is 2. The Morgan fingerprint density at radius 2 is 0.964 bits per heavy atom. The van der Waals surface area contributed by atoms with E-state index in [0.29, 0.717) is 0 Å². The first-order valence-corrected chi connectivity index (χ1v) is 12.5. The summed E-state index contributed by atoms with van der Waals surface area (Å²) < 4.78 is 0. The van der Waals surface area contributed by atoms with Gasteiger partial charge in [0.05, 0.1) is 9.75 Å². The molecule has 1 aliphatic rings. The highest BCUT2D eigenvalue weighted by molar-refractivity contribution is 7.12. The summed E-state index contributed by atoms with van der Waals surface area (Å²) >= 11 is 6.30. The van der Waals surface area contributed by atoms with Crippen LogP contribution < -0.4 is 0 Å². The number of rotatable bonds is 6. The monoisotopic (exact) mass is 440 g/mol. The lowest BCUT2D eigenvalue weighted by molar-refractivity contribution is 0.0473. The largest absolute Gasteiger partial charge is 0.293 e. The molecule has 4 heterocycles. The van der Waals surface area contributed by atoms with Gasteiger partial charge in [-0.25, -0.2) is 0 Å². The first-order chi connectivity index (χ1) is 13.8. The van der Waals surface area contributed by atoms with Crippen LogP contribution in [0.15, 0.2) is 70.1 Å². The smallest absolute Gasteiger partial charge is 0.177 e. The topological polar surface area (TPSA) is 34.1 Å². The summed E-state index contributed by atoms with van der Waals surface area (Å²) in [6.07, 6.45) is 0. The maximum Gasteiger partial charge on any atom is 0.177 e. The molecule has 4 aromatic heterocycles. The Morgan fingerprint density at radius 3 is 1.29 bits per heavy atom. The van der Waals surface area contributed by atoms with Gasteiger partial charge in [0.15, 0.2) is 11.6 Å². The van der Waals surface area contributed by atoms with Crippen molar-refractivity contribution in [2.45, 2.75) is 11.8 Å². The summed E-state index contributed by atoms with van der Waals surface area (Å²) in [7, 11) is 0. The number of thiophene rings is 4. The van der Waals surface area contributed by atoms with E-state index in [1.165, 1.54) is 32.4 Å². The average molecular weight is 441 g/mol. The van der Waals surface area contributed by atoms with Crippen molar-refractivity contribution in [1.29, 1.82) is 0 Å². The normalized spacial score (nSPS) is 24.0. The molecule has 0 spiro atoms. The Labute approximate surface area is 179 Å². The summed E-state index contributed by atoms with van der Waals surface area (Å²) in [5, 5.41) is 7.97. The molecule has 0 amide bonds. The van der Waals surface area contributed by atoms with Crippen LogP contribution >= 0.6 is 45.3 Å². The van der Waals surface area contributed by atoms with Crippen LogP contribution in [0.2, 0.25) is 0 Å². The van der Waals surface area contributed by atoms with E-state index in [4.69, 9.17) is 0 Å². The van der Waals surface area contributed by atoms with Crippen LogP contribution in [-0.2, 0) is 0 Å². The van der Waals surface area contributed by atoms with Crippen molar-refractivity contribution in [3.63, 3.8) is 0 Å². The molecule has 0 bridgehead atoms. The molecule has 0 aromatic carbocycles. The summed E-state index contributed by atoms with van der Waals surface area (Å²) in [4.78, 5) is 30.8. The lowest BCUT2D eigenvalue weighted by atomic mass is 9.52. The van der Waals surface area contributed by atoms with Crippen LogP contribution in [0.4, 0.5) is 0 Å². The number of ketones is 2. The molecular formula is C22H16O2S4. The van der Waals surface area contributed by atoms with Gasteiger partial charge in [-0.3, -0.25) is 9.59 Å². The minimum Gasteiger partial charge on any atom is -0.293 e. The Kier molecular flexibility index (Phi) is 4.88. The van der Waals surface area contributed by atoms with E-state index in [0.717, 1.165) is 9.75 Å². The first kappa shape index (κ1) is 18.2. The third-order valence-electron chi connectivity index (χ3n) is 5.42. The fourth-order valence-corrected chi connectivity index (χ4v) is 7.51. The van der Waals surface area contributed by atoms with Gasteiger partial charge in [0.25, 0.3) is 0 Å². The van der Waals surface area contributed by atoms with Gasteiger partial charge < -0.3 is 0 Å². The lowest BCUT2D eigenvalue weighted by Gasteiger charge is -2.49. The molecule has 0 N–H and O–H groups in total. The predicted molar refractivity (Wildman–Crippen MR) is 118 cm³/mol. The Morgan fingerprint density at radius 1 is 0.571 bits per heavy atom. The highest BCUT2D eigenvalue weighted by Crippen LogP contribution is 2.61. The predicted octanol–water partition coefficient (Wildman–Crippen LogP) is 6.81. The number of carbonyl (C=O) groups excluding carboxylic acids is 2. The molecule has 0 aliphatic heterocycles. The molecule has 1 saturated carbocycles. The fraction of sp³-hybridized carbons (Fsp3) is 0.182. The van der Waals surface area contributed by atoms with Crippen molar-refractivity contribution < 1.29 is 9.59 Å². The third kappa shape index (κ3) is 2.95. The second-order valence-electron chi connectivity index (χ2n) is 6.82. The molecule has 4 aromatic rings. The molecule has 140 valence electrons. The minimum absolute atomic E-state index is 0.0576. The number of carbonyl (C=O) groups is 2. The van der Waals surface area contributed by atoms with Crippen molar-refractivity contribution >= 4 is 56.9 Å². The quantitative estimate of drug-likeness (QED) is 0.309. The van der Waals surface area contributed by atoms with E-state index >= 15 is 0 Å². The van der Waals surface area contributed by atoms with Crippen LogP contribution in [0.25, 0.3) is 0 Å². The van der Waals surface area contributed by atoms with Crippen molar-refractivity contribution in [2.75, 3.05) is 0 Å². The summed E-state index contributed by atoms with van der Waals surface area (Å²) in [5.41, 5.74) is 0. The summed E-state index contributed by atoms with van der Waals surface area (Å²) in [6.45, 7) is 0. The lowest BCUT2D eigenvalue weighted by Crippen LogP contribution is -2.50. The highest BCUT2D eigenvalue weighted by Gasteiger charge is 2.58. The highest BCUT2D eigenvalue weighted by atomic mass is 32.1. The Hall–Kier alpha value is -1.86. The van der Waals surface area contributed by atoms with E-state index in [1.54, 1.807) is 22.7 Å². The van der Waals surface area contributed by atoms with Gasteiger partial charge in [-0.05, 0) is 45.8 Å². The molecule has 1 fully saturated rings. The van der Waals surface area contributed by atoms with Crippen LogP contribution in [0, 0.1) is 11.8 Å². The van der Waals surface area contributed by atoms with E-state index in [2.05, 4.69) is 22.9 Å². The van der Waals surface area contributed by atoms with Crippen LogP contribution in [0.3, 0.4) is 0 Å². The number of hydrogen-bond donors (Lipinski definition) is 0. The van der Waals surface area contributed by atoms with Gasteiger partial charge in [0.1, 0.15) is 0 Å². The maximum atomic E-state index is 13.5. The van der Waals surface area contributed by atoms with Gasteiger partial charge >= 0.3 is 0 Å². The molecule has 0 saturated heterocycles. The van der Waals surface area contributed by atoms with E-state index in [9.17, 15) is 9.59 Å². The van der Waals surface area contributed by atoms with Gasteiger partial charge in [0, 0.05) is 33.4 Å². The molecule has 6 heteroatoms. The SMILES string of the molecule is O=C(c1cccs1)[C@@H]1[C@H](C(=O)c2cccs2)[C@@H](c2cccs2)[C@H]1c1cccs1. The van der Waals surface area contributed by atoms with Gasteiger partial charge in [0.2, 0.25) is 0 Å². The molecule has 0 radical (unpaired) electrons. The van der Waals surface area contributed by atoms with Gasteiger partial charge in [-0.15, -0.1) is 45.3 Å². The molecule has 5 rings (SSSR count). The second kappa shape index (κ2) is 7.52. The zero-order valence-electron chi connectivity index (χ0n) is 14.7. The van der Waals surface area contributed by atoms with Crippen molar-refractivity contribution in [1.82, 2.24) is 0 Å². The van der Waals surface area contributed by atoms with Crippen molar-refractivity contribution in [3.8, 4) is 0 Å².